The van der Waals surface area contributed by atoms with Crippen molar-refractivity contribution >= 4 is 10.0 Å². The second kappa shape index (κ2) is 5.74. The van der Waals surface area contributed by atoms with Crippen molar-refractivity contribution in [3.8, 4) is 0 Å². The summed E-state index contributed by atoms with van der Waals surface area (Å²) >= 11 is 0. The molecule has 1 aromatic heterocycles. The van der Waals surface area contributed by atoms with Gasteiger partial charge in [0.25, 0.3) is 0 Å². The van der Waals surface area contributed by atoms with E-state index in [9.17, 15) is 8.42 Å². The number of nitrogens with zero attached hydrogens (tertiary/aromatic N) is 1. The van der Waals surface area contributed by atoms with Crippen LogP contribution in [0.4, 0.5) is 0 Å². The zero-order chi connectivity index (χ0) is 15.8. The zero-order valence-electron chi connectivity index (χ0n) is 13.6. The summed E-state index contributed by atoms with van der Waals surface area (Å²) in [7, 11) is -1.87. The van der Waals surface area contributed by atoms with E-state index in [0.717, 1.165) is 0 Å². The summed E-state index contributed by atoms with van der Waals surface area (Å²) in [5.41, 5.74) is -0.0875. The molecule has 0 saturated heterocycles. The molecule has 0 spiro atoms. The topological polar surface area (TPSA) is 62.6 Å². The fourth-order valence-corrected chi connectivity index (χ4v) is 3.90. The molecule has 120 valence electrons. The van der Waals surface area contributed by atoms with E-state index in [0.29, 0.717) is 30.7 Å². The third kappa shape index (κ3) is 4.31. The summed E-state index contributed by atoms with van der Waals surface area (Å²) in [6, 6.07) is 2.22. The van der Waals surface area contributed by atoms with E-state index in [2.05, 4.69) is 5.32 Å². The van der Waals surface area contributed by atoms with Crippen molar-refractivity contribution in [2.24, 2.45) is 5.41 Å². The maximum Gasteiger partial charge on any atom is 0.246 e. The van der Waals surface area contributed by atoms with Gasteiger partial charge >= 0.3 is 0 Å². The molecule has 1 heterocycles. The van der Waals surface area contributed by atoms with Gasteiger partial charge in [0, 0.05) is 25.7 Å². The fraction of sp³-hybridized carbons (Fsp3) is 0.733. The van der Waals surface area contributed by atoms with E-state index in [1.165, 1.54) is 17.1 Å². The number of rotatable bonds is 6. The molecule has 5 nitrogen and oxygen atoms in total. The van der Waals surface area contributed by atoms with Crippen LogP contribution in [0.25, 0.3) is 0 Å². The molecule has 1 aromatic rings. The molecule has 1 N–H and O–H groups in total. The molecule has 1 fully saturated rings. The highest BCUT2D eigenvalue weighted by Crippen LogP contribution is 2.26. The van der Waals surface area contributed by atoms with Crippen molar-refractivity contribution in [3.63, 3.8) is 0 Å². The van der Waals surface area contributed by atoms with E-state index in [-0.39, 0.29) is 10.3 Å². The van der Waals surface area contributed by atoms with Crippen molar-refractivity contribution in [2.75, 3.05) is 13.6 Å². The molecule has 6 heteroatoms. The molecule has 0 aliphatic heterocycles. The van der Waals surface area contributed by atoms with Crippen LogP contribution in [0, 0.1) is 12.3 Å². The first-order chi connectivity index (χ1) is 9.59. The second-order valence-electron chi connectivity index (χ2n) is 7.11. The molecule has 0 aromatic carbocycles. The summed E-state index contributed by atoms with van der Waals surface area (Å²) < 4.78 is 32.3. The first kappa shape index (κ1) is 16.5. The van der Waals surface area contributed by atoms with Crippen LogP contribution in [-0.2, 0) is 16.6 Å². The molecular formula is C15H26N2O3S. The first-order valence-corrected chi connectivity index (χ1v) is 8.82. The van der Waals surface area contributed by atoms with Crippen molar-refractivity contribution < 1.29 is 12.8 Å². The lowest BCUT2D eigenvalue weighted by Gasteiger charge is -2.25. The molecule has 2 rings (SSSR count). The lowest BCUT2D eigenvalue weighted by atomic mass is 9.97. The van der Waals surface area contributed by atoms with Crippen LogP contribution < -0.4 is 5.32 Å². The van der Waals surface area contributed by atoms with Crippen molar-refractivity contribution in [3.05, 3.63) is 17.6 Å². The van der Waals surface area contributed by atoms with Gasteiger partial charge in [0.2, 0.25) is 10.0 Å². The Hall–Kier alpha value is -0.850. The second-order valence-corrected chi connectivity index (χ2v) is 9.12. The predicted octanol–water partition coefficient (Wildman–Crippen LogP) is 2.51. The Kier molecular flexibility index (Phi) is 4.52. The summed E-state index contributed by atoms with van der Waals surface area (Å²) in [6.45, 7) is 8.82. The monoisotopic (exact) mass is 314 g/mol. The summed E-state index contributed by atoms with van der Waals surface area (Å²) in [4.78, 5) is 0.279. The Balaban J connectivity index is 2.14. The third-order valence-electron chi connectivity index (χ3n) is 3.45. The maximum atomic E-state index is 12.6. The van der Waals surface area contributed by atoms with Gasteiger partial charge in [0.05, 0.1) is 6.54 Å². The van der Waals surface area contributed by atoms with Crippen LogP contribution in [0.15, 0.2) is 15.4 Å². The smallest absolute Gasteiger partial charge is 0.246 e. The van der Waals surface area contributed by atoms with E-state index in [1.54, 1.807) is 20.0 Å². The SMILES string of the molecule is Cc1oc(CNC2CC2)cc1S(=O)(=O)N(C)CC(C)(C)C. The van der Waals surface area contributed by atoms with Crippen LogP contribution in [0.5, 0.6) is 0 Å². The minimum absolute atomic E-state index is 0.0875. The van der Waals surface area contributed by atoms with Gasteiger partial charge in [-0.15, -0.1) is 0 Å². The molecule has 1 aliphatic carbocycles. The molecule has 21 heavy (non-hydrogen) atoms. The highest BCUT2D eigenvalue weighted by Gasteiger charge is 2.29. The largest absolute Gasteiger partial charge is 0.464 e. The fourth-order valence-electron chi connectivity index (χ4n) is 2.32. The van der Waals surface area contributed by atoms with Crippen LogP contribution in [0.3, 0.4) is 0 Å². The summed E-state index contributed by atoms with van der Waals surface area (Å²) in [5, 5.41) is 3.33. The Morgan fingerprint density at radius 2 is 2.00 bits per heavy atom. The molecule has 1 aliphatic rings. The van der Waals surface area contributed by atoms with Crippen molar-refractivity contribution in [2.45, 2.75) is 58.0 Å². The average molecular weight is 314 g/mol. The average Bonchev–Trinajstić information content (AvgIpc) is 3.07. The van der Waals surface area contributed by atoms with E-state index in [1.807, 2.05) is 20.8 Å². The molecule has 0 atom stereocenters. The summed E-state index contributed by atoms with van der Waals surface area (Å²) in [6.07, 6.45) is 2.39. The molecule has 0 unspecified atom stereocenters. The highest BCUT2D eigenvalue weighted by molar-refractivity contribution is 7.89. The number of hydrogen-bond donors (Lipinski definition) is 1. The van der Waals surface area contributed by atoms with Crippen LogP contribution in [0.2, 0.25) is 0 Å². The Morgan fingerprint density at radius 3 is 2.52 bits per heavy atom. The Morgan fingerprint density at radius 1 is 1.38 bits per heavy atom. The zero-order valence-corrected chi connectivity index (χ0v) is 14.4. The number of aryl methyl sites for hydroxylation is 1. The van der Waals surface area contributed by atoms with Gasteiger partial charge in [-0.05, 0) is 25.2 Å². The standard InChI is InChI=1S/C15H26N2O3S/c1-11-14(8-13(20-11)9-16-12-6-7-12)21(18,19)17(5)10-15(2,3)4/h8,12,16H,6-7,9-10H2,1-5H3. The number of nitrogens with one attached hydrogen (secondary N) is 1. The minimum atomic E-state index is -3.49. The van der Waals surface area contributed by atoms with Gasteiger partial charge < -0.3 is 9.73 Å². The van der Waals surface area contributed by atoms with Gasteiger partial charge in [-0.25, -0.2) is 12.7 Å². The van der Waals surface area contributed by atoms with Crippen molar-refractivity contribution in [1.82, 2.24) is 9.62 Å². The van der Waals surface area contributed by atoms with Crippen molar-refractivity contribution in [1.29, 1.82) is 0 Å². The Bertz CT molecular complexity index is 595. The number of sulfonamides is 1. The molecule has 1 saturated carbocycles. The number of furan rings is 1. The first-order valence-electron chi connectivity index (χ1n) is 7.38. The van der Waals surface area contributed by atoms with Crippen LogP contribution in [0.1, 0.15) is 45.1 Å². The van der Waals surface area contributed by atoms with E-state index < -0.39 is 10.0 Å². The molecule has 0 radical (unpaired) electrons. The molecule has 0 amide bonds. The van der Waals surface area contributed by atoms with Gasteiger partial charge in [-0.2, -0.15) is 0 Å². The predicted molar refractivity (Wildman–Crippen MR) is 82.6 cm³/mol. The van der Waals surface area contributed by atoms with Gasteiger partial charge in [0.1, 0.15) is 16.4 Å². The molecule has 0 bridgehead atoms. The summed E-state index contributed by atoms with van der Waals surface area (Å²) in [5.74, 6) is 1.14. The lowest BCUT2D eigenvalue weighted by molar-refractivity contribution is 0.310. The van der Waals surface area contributed by atoms with E-state index >= 15 is 0 Å². The van der Waals surface area contributed by atoms with Gasteiger partial charge in [0.15, 0.2) is 0 Å². The number of hydrogen-bond acceptors (Lipinski definition) is 4. The lowest BCUT2D eigenvalue weighted by Crippen LogP contribution is -2.34. The van der Waals surface area contributed by atoms with Gasteiger partial charge in [-0.1, -0.05) is 20.8 Å². The minimum Gasteiger partial charge on any atom is -0.464 e. The van der Waals surface area contributed by atoms with Gasteiger partial charge in [-0.3, -0.25) is 0 Å². The Labute approximate surface area is 127 Å². The highest BCUT2D eigenvalue weighted by atomic mass is 32.2. The van der Waals surface area contributed by atoms with Crippen LogP contribution in [-0.4, -0.2) is 32.4 Å². The quantitative estimate of drug-likeness (QED) is 0.876. The normalized spacial score (nSPS) is 16.7. The molecular weight excluding hydrogens is 288 g/mol. The third-order valence-corrected chi connectivity index (χ3v) is 5.36. The maximum absolute atomic E-state index is 12.6. The van der Waals surface area contributed by atoms with E-state index in [4.69, 9.17) is 4.42 Å². The van der Waals surface area contributed by atoms with Crippen LogP contribution >= 0.6 is 0 Å².